The number of hydrogen-bond acceptors (Lipinski definition) is 8. The van der Waals surface area contributed by atoms with E-state index in [1.807, 2.05) is 48.5 Å². The molecule has 164 valence electrons. The second-order valence-electron chi connectivity index (χ2n) is 7.75. The van der Waals surface area contributed by atoms with Crippen LogP contribution in [-0.2, 0) is 9.47 Å². The highest BCUT2D eigenvalue weighted by Gasteiger charge is 2.50. The fourth-order valence-electron chi connectivity index (χ4n) is 4.31. The summed E-state index contributed by atoms with van der Waals surface area (Å²) in [6, 6.07) is 14.0. The maximum atomic E-state index is 12.4. The van der Waals surface area contributed by atoms with E-state index in [4.69, 9.17) is 18.9 Å². The molecule has 0 saturated carbocycles. The lowest BCUT2D eigenvalue weighted by molar-refractivity contribution is 0.0624. The van der Waals surface area contributed by atoms with Crippen LogP contribution >= 0.6 is 0 Å². The van der Waals surface area contributed by atoms with Gasteiger partial charge in [0.25, 0.3) is 0 Å². The summed E-state index contributed by atoms with van der Waals surface area (Å²) in [6.45, 7) is 0.913. The molecule has 3 aromatic rings. The number of anilines is 1. The lowest BCUT2D eigenvalue weighted by atomic mass is 10.1. The van der Waals surface area contributed by atoms with E-state index in [1.54, 1.807) is 4.68 Å². The Morgan fingerprint density at radius 1 is 1.00 bits per heavy atom. The summed E-state index contributed by atoms with van der Waals surface area (Å²) >= 11 is 0. The van der Waals surface area contributed by atoms with Gasteiger partial charge in [0, 0.05) is 11.3 Å². The molecule has 2 N–H and O–H groups in total. The number of tetrazole rings is 1. The number of ether oxygens (including phenoxy) is 4. The number of benzene rings is 2. The van der Waals surface area contributed by atoms with E-state index in [0.717, 1.165) is 5.56 Å². The second-order valence-corrected chi connectivity index (χ2v) is 7.75. The largest absolute Gasteiger partial charge is 0.454 e. The summed E-state index contributed by atoms with van der Waals surface area (Å²) in [6.07, 6.45) is -0.580. The minimum Gasteiger partial charge on any atom is -0.454 e. The molecule has 6 rings (SSSR count). The zero-order valence-corrected chi connectivity index (χ0v) is 16.9. The van der Waals surface area contributed by atoms with Crippen LogP contribution in [0.5, 0.6) is 11.5 Å². The van der Waals surface area contributed by atoms with Gasteiger partial charge in [-0.05, 0) is 40.8 Å². The van der Waals surface area contributed by atoms with E-state index < -0.39 is 0 Å². The van der Waals surface area contributed by atoms with Gasteiger partial charge in [0.2, 0.25) is 6.79 Å². The summed E-state index contributed by atoms with van der Waals surface area (Å²) in [5, 5.41) is 18.0. The highest BCUT2D eigenvalue weighted by atomic mass is 16.7. The zero-order chi connectivity index (χ0) is 21.5. The fourth-order valence-corrected chi connectivity index (χ4v) is 4.31. The number of nitrogens with zero attached hydrogens (tertiary/aromatic N) is 4. The molecule has 0 spiro atoms. The Balaban J connectivity index is 1.17. The summed E-state index contributed by atoms with van der Waals surface area (Å²) in [7, 11) is 0. The third-order valence-corrected chi connectivity index (χ3v) is 5.81. The summed E-state index contributed by atoms with van der Waals surface area (Å²) in [4.78, 5) is 12.4. The number of rotatable bonds is 4. The molecule has 2 saturated heterocycles. The first-order valence-corrected chi connectivity index (χ1v) is 10.3. The number of amides is 2. The van der Waals surface area contributed by atoms with E-state index in [2.05, 4.69) is 26.2 Å². The van der Waals surface area contributed by atoms with Crippen LogP contribution in [0.25, 0.3) is 11.4 Å². The lowest BCUT2D eigenvalue weighted by Gasteiger charge is -2.18. The van der Waals surface area contributed by atoms with Gasteiger partial charge in [-0.1, -0.05) is 18.2 Å². The van der Waals surface area contributed by atoms with Crippen molar-refractivity contribution in [3.8, 4) is 22.9 Å². The predicted molar refractivity (Wildman–Crippen MR) is 110 cm³/mol. The molecule has 11 nitrogen and oxygen atoms in total. The van der Waals surface area contributed by atoms with Crippen molar-refractivity contribution in [2.45, 2.75) is 24.3 Å². The molecular weight excluding hydrogens is 416 g/mol. The van der Waals surface area contributed by atoms with Gasteiger partial charge in [-0.15, -0.1) is 5.10 Å². The molecule has 4 atom stereocenters. The van der Waals surface area contributed by atoms with E-state index >= 15 is 0 Å². The Labute approximate surface area is 182 Å². The second kappa shape index (κ2) is 7.77. The van der Waals surface area contributed by atoms with Crippen molar-refractivity contribution >= 4 is 11.7 Å². The van der Waals surface area contributed by atoms with Gasteiger partial charge >= 0.3 is 6.03 Å². The molecule has 1 aromatic heterocycles. The van der Waals surface area contributed by atoms with Gasteiger partial charge in [0.05, 0.1) is 19.3 Å². The highest BCUT2D eigenvalue weighted by molar-refractivity contribution is 5.89. The maximum absolute atomic E-state index is 12.4. The Hall–Kier alpha value is -3.70. The molecule has 2 fully saturated rings. The Bertz CT molecular complexity index is 1140. The summed E-state index contributed by atoms with van der Waals surface area (Å²) in [5.74, 6) is 1.93. The smallest absolute Gasteiger partial charge is 0.319 e. The van der Waals surface area contributed by atoms with E-state index in [-0.39, 0.29) is 37.1 Å². The van der Waals surface area contributed by atoms with Crippen molar-refractivity contribution < 1.29 is 23.7 Å². The highest BCUT2D eigenvalue weighted by Crippen LogP contribution is 2.38. The average molecular weight is 436 g/mol. The number of hydrogen-bond donors (Lipinski definition) is 2. The van der Waals surface area contributed by atoms with Crippen LogP contribution in [0, 0.1) is 0 Å². The van der Waals surface area contributed by atoms with Gasteiger partial charge in [-0.3, -0.25) is 0 Å². The number of carbonyl (C=O) groups excluding carboxylic acids is 1. The first-order chi connectivity index (χ1) is 15.8. The monoisotopic (exact) mass is 436 g/mol. The van der Waals surface area contributed by atoms with Crippen LogP contribution in [0.4, 0.5) is 10.5 Å². The van der Waals surface area contributed by atoms with Crippen LogP contribution in [0.3, 0.4) is 0 Å². The van der Waals surface area contributed by atoms with Gasteiger partial charge in [0.15, 0.2) is 17.3 Å². The molecule has 2 aromatic carbocycles. The Morgan fingerprint density at radius 3 is 2.75 bits per heavy atom. The molecule has 11 heteroatoms. The van der Waals surface area contributed by atoms with Crippen molar-refractivity contribution in [2.24, 2.45) is 0 Å². The molecule has 0 aliphatic carbocycles. The fraction of sp³-hybridized carbons (Fsp3) is 0.333. The molecule has 0 bridgehead atoms. The SMILES string of the molecule is O=C(Nc1ccccc1)NC1COC2C1OCC2n1nnnc1-c1ccc2c(c1)OCO2. The van der Waals surface area contributed by atoms with Gasteiger partial charge < -0.3 is 29.6 Å². The molecule has 3 aliphatic heterocycles. The Kier molecular flexibility index (Phi) is 4.62. The minimum atomic E-state index is -0.305. The molecule has 32 heavy (non-hydrogen) atoms. The number of urea groups is 1. The third kappa shape index (κ3) is 3.31. The molecular formula is C21H20N6O5. The van der Waals surface area contributed by atoms with Crippen LogP contribution in [0.1, 0.15) is 6.04 Å². The van der Waals surface area contributed by atoms with Gasteiger partial charge in [-0.25, -0.2) is 9.48 Å². The van der Waals surface area contributed by atoms with Crippen molar-refractivity contribution in [3.63, 3.8) is 0 Å². The topological polar surface area (TPSA) is 122 Å². The first kappa shape index (κ1) is 19.0. The average Bonchev–Trinajstić information content (AvgIpc) is 3.59. The van der Waals surface area contributed by atoms with E-state index in [1.165, 1.54) is 0 Å². The molecule has 4 heterocycles. The van der Waals surface area contributed by atoms with Gasteiger partial charge in [0.1, 0.15) is 18.2 Å². The van der Waals surface area contributed by atoms with E-state index in [9.17, 15) is 4.79 Å². The van der Waals surface area contributed by atoms with E-state index in [0.29, 0.717) is 36.2 Å². The predicted octanol–water partition coefficient (Wildman–Crippen LogP) is 1.60. The number of aromatic nitrogens is 4. The minimum absolute atomic E-state index is 0.198. The van der Waals surface area contributed by atoms with Crippen LogP contribution < -0.4 is 20.1 Å². The van der Waals surface area contributed by atoms with Crippen LogP contribution in [-0.4, -0.2) is 64.5 Å². The maximum Gasteiger partial charge on any atom is 0.319 e. The van der Waals surface area contributed by atoms with Crippen molar-refractivity contribution in [2.75, 3.05) is 25.3 Å². The lowest BCUT2D eigenvalue weighted by Crippen LogP contribution is -2.45. The molecule has 2 amide bonds. The molecule has 4 unspecified atom stereocenters. The quantitative estimate of drug-likeness (QED) is 0.633. The normalized spacial score (nSPS) is 25.5. The van der Waals surface area contributed by atoms with Crippen molar-refractivity contribution in [1.82, 2.24) is 25.5 Å². The summed E-state index contributed by atoms with van der Waals surface area (Å²) in [5.41, 5.74) is 1.52. The zero-order valence-electron chi connectivity index (χ0n) is 16.9. The molecule has 3 aliphatic rings. The van der Waals surface area contributed by atoms with Crippen molar-refractivity contribution in [1.29, 1.82) is 0 Å². The standard InChI is InChI=1S/C21H20N6O5/c28-21(22-13-4-2-1-3-5-13)23-14-9-29-19-15(10-30-18(14)19)27-20(24-25-26-27)12-6-7-16-17(8-12)32-11-31-16/h1-8,14-15,18-19H,9-11H2,(H2,22,23,28). The number of para-hydroxylation sites is 1. The van der Waals surface area contributed by atoms with Crippen LogP contribution in [0.2, 0.25) is 0 Å². The Morgan fingerprint density at radius 2 is 1.84 bits per heavy atom. The number of carbonyl (C=O) groups is 1. The number of fused-ring (bicyclic) bond motifs is 2. The first-order valence-electron chi connectivity index (χ1n) is 10.3. The van der Waals surface area contributed by atoms with Gasteiger partial charge in [-0.2, -0.15) is 0 Å². The van der Waals surface area contributed by atoms with Crippen LogP contribution in [0.15, 0.2) is 48.5 Å². The third-order valence-electron chi connectivity index (χ3n) is 5.81. The number of nitrogens with one attached hydrogen (secondary N) is 2. The summed E-state index contributed by atoms with van der Waals surface area (Å²) < 4.78 is 24.6. The van der Waals surface area contributed by atoms with Crippen molar-refractivity contribution in [3.05, 3.63) is 48.5 Å². The molecule has 0 radical (unpaired) electrons.